The zero-order valence-corrected chi connectivity index (χ0v) is 9.11. The second-order valence-corrected chi connectivity index (χ2v) is 3.15. The molecule has 0 aromatic heterocycles. The molecule has 0 atom stereocenters. The van der Waals surface area contributed by atoms with E-state index in [0.717, 1.165) is 0 Å². The van der Waals surface area contributed by atoms with Crippen molar-refractivity contribution in [3.63, 3.8) is 0 Å². The number of hydrogen-bond donors (Lipinski definition) is 2. The minimum absolute atomic E-state index is 0.0491. The van der Waals surface area contributed by atoms with Gasteiger partial charge in [0.25, 0.3) is 0 Å². The molecule has 0 aliphatic carbocycles. The molecular formula is C11H13NO4. The molecule has 0 aliphatic rings. The monoisotopic (exact) mass is 223 g/mol. The van der Waals surface area contributed by atoms with Crippen molar-refractivity contribution in [2.75, 3.05) is 11.9 Å². The lowest BCUT2D eigenvalue weighted by Crippen LogP contribution is -2.16. The number of carbonyl (C=O) groups is 2. The zero-order chi connectivity index (χ0) is 12.1. The molecule has 1 rings (SSSR count). The van der Waals surface area contributed by atoms with Gasteiger partial charge in [0.15, 0.2) is 0 Å². The van der Waals surface area contributed by atoms with Crippen LogP contribution in [0, 0.1) is 6.92 Å². The summed E-state index contributed by atoms with van der Waals surface area (Å²) in [5.74, 6) is -1.09. The van der Waals surface area contributed by atoms with Crippen LogP contribution in [0.25, 0.3) is 0 Å². The Kier molecular flexibility index (Phi) is 3.88. The number of carboxylic acid groups (broad SMARTS) is 1. The number of hydrogen-bond acceptors (Lipinski definition) is 3. The average molecular weight is 223 g/mol. The summed E-state index contributed by atoms with van der Waals surface area (Å²) < 4.78 is 4.69. The molecule has 0 saturated heterocycles. The van der Waals surface area contributed by atoms with Crippen molar-refractivity contribution in [3.8, 4) is 0 Å². The first kappa shape index (κ1) is 12.0. The Morgan fingerprint density at radius 1 is 1.44 bits per heavy atom. The first-order chi connectivity index (χ1) is 7.56. The number of amides is 1. The number of rotatable bonds is 3. The average Bonchev–Trinajstić information content (AvgIpc) is 2.21. The van der Waals surface area contributed by atoms with E-state index in [0.29, 0.717) is 5.56 Å². The van der Waals surface area contributed by atoms with Crippen LogP contribution in [0.3, 0.4) is 0 Å². The van der Waals surface area contributed by atoms with Crippen molar-refractivity contribution in [3.05, 3.63) is 29.3 Å². The van der Waals surface area contributed by atoms with E-state index < -0.39 is 12.1 Å². The summed E-state index contributed by atoms with van der Waals surface area (Å²) >= 11 is 0. The topological polar surface area (TPSA) is 75.6 Å². The molecule has 0 saturated carbocycles. The highest BCUT2D eigenvalue weighted by Gasteiger charge is 2.14. The highest BCUT2D eigenvalue weighted by atomic mass is 16.5. The molecule has 0 bridgehead atoms. The summed E-state index contributed by atoms with van der Waals surface area (Å²) in [5.41, 5.74) is 0.995. The van der Waals surface area contributed by atoms with Crippen LogP contribution in [0.5, 0.6) is 0 Å². The van der Waals surface area contributed by atoms with Gasteiger partial charge in [-0.15, -0.1) is 0 Å². The van der Waals surface area contributed by atoms with Gasteiger partial charge < -0.3 is 9.84 Å². The van der Waals surface area contributed by atoms with Crippen LogP contribution in [-0.4, -0.2) is 23.8 Å². The van der Waals surface area contributed by atoms with Crippen LogP contribution < -0.4 is 5.32 Å². The fourth-order valence-corrected chi connectivity index (χ4v) is 1.28. The largest absolute Gasteiger partial charge is 0.478 e. The second kappa shape index (κ2) is 5.16. The lowest BCUT2D eigenvalue weighted by Gasteiger charge is -2.10. The molecule has 1 aromatic carbocycles. The first-order valence-corrected chi connectivity index (χ1v) is 4.83. The lowest BCUT2D eigenvalue weighted by molar-refractivity contribution is 0.0698. The van der Waals surface area contributed by atoms with Crippen LogP contribution in [0.15, 0.2) is 18.2 Å². The van der Waals surface area contributed by atoms with E-state index >= 15 is 0 Å². The Morgan fingerprint density at radius 2 is 2.12 bits per heavy atom. The van der Waals surface area contributed by atoms with Gasteiger partial charge in [-0.05, 0) is 25.5 Å². The summed E-state index contributed by atoms with van der Waals surface area (Å²) in [4.78, 5) is 22.1. The minimum Gasteiger partial charge on any atom is -0.478 e. The van der Waals surface area contributed by atoms with Crippen molar-refractivity contribution in [2.45, 2.75) is 13.8 Å². The molecule has 86 valence electrons. The van der Waals surface area contributed by atoms with Gasteiger partial charge in [0.2, 0.25) is 0 Å². The number of anilines is 1. The molecule has 5 heteroatoms. The smallest absolute Gasteiger partial charge is 0.411 e. The zero-order valence-electron chi connectivity index (χ0n) is 9.11. The molecule has 5 nitrogen and oxygen atoms in total. The Morgan fingerprint density at radius 3 is 2.69 bits per heavy atom. The molecule has 2 N–H and O–H groups in total. The predicted molar refractivity (Wildman–Crippen MR) is 58.8 cm³/mol. The number of para-hydroxylation sites is 1. The number of carbonyl (C=O) groups excluding carboxylic acids is 1. The molecule has 0 spiro atoms. The van der Waals surface area contributed by atoms with Gasteiger partial charge in [0.1, 0.15) is 0 Å². The third-order valence-corrected chi connectivity index (χ3v) is 2.01. The molecule has 0 aliphatic heterocycles. The van der Waals surface area contributed by atoms with Crippen molar-refractivity contribution in [1.29, 1.82) is 0 Å². The van der Waals surface area contributed by atoms with Crippen LogP contribution in [0.1, 0.15) is 22.8 Å². The Bertz CT molecular complexity index is 414. The molecule has 16 heavy (non-hydrogen) atoms. The fourth-order valence-electron chi connectivity index (χ4n) is 1.28. The van der Waals surface area contributed by atoms with Gasteiger partial charge in [0.05, 0.1) is 17.9 Å². The van der Waals surface area contributed by atoms with Crippen LogP contribution in [0.2, 0.25) is 0 Å². The summed E-state index contributed by atoms with van der Waals surface area (Å²) in [6.45, 7) is 3.63. The first-order valence-electron chi connectivity index (χ1n) is 4.83. The highest BCUT2D eigenvalue weighted by molar-refractivity contribution is 5.99. The van der Waals surface area contributed by atoms with E-state index in [4.69, 9.17) is 9.84 Å². The molecule has 0 radical (unpaired) electrons. The van der Waals surface area contributed by atoms with Crippen LogP contribution in [0.4, 0.5) is 10.5 Å². The van der Waals surface area contributed by atoms with Gasteiger partial charge in [-0.1, -0.05) is 12.1 Å². The molecule has 0 unspecified atom stereocenters. The third-order valence-electron chi connectivity index (χ3n) is 2.01. The number of aryl methyl sites for hydroxylation is 1. The van der Waals surface area contributed by atoms with Crippen molar-refractivity contribution in [2.24, 2.45) is 0 Å². The SMILES string of the molecule is CCOC(=O)Nc1c(C)cccc1C(=O)O. The number of carboxylic acids is 1. The van der Waals surface area contributed by atoms with Gasteiger partial charge in [-0.3, -0.25) is 5.32 Å². The normalized spacial score (nSPS) is 9.62. The number of benzene rings is 1. The Labute approximate surface area is 93.0 Å². The maximum atomic E-state index is 11.2. The van der Waals surface area contributed by atoms with E-state index in [1.807, 2.05) is 0 Å². The Balaban J connectivity index is 3.01. The third kappa shape index (κ3) is 2.73. The van der Waals surface area contributed by atoms with Crippen LogP contribution >= 0.6 is 0 Å². The maximum Gasteiger partial charge on any atom is 0.411 e. The predicted octanol–water partition coefficient (Wildman–Crippen LogP) is 2.26. The van der Waals surface area contributed by atoms with Crippen LogP contribution in [-0.2, 0) is 4.74 Å². The van der Waals surface area contributed by atoms with Gasteiger partial charge in [-0.2, -0.15) is 0 Å². The van der Waals surface area contributed by atoms with Gasteiger partial charge in [-0.25, -0.2) is 9.59 Å². The fraction of sp³-hybridized carbons (Fsp3) is 0.273. The summed E-state index contributed by atoms with van der Waals surface area (Å²) in [6, 6.07) is 4.76. The molecule has 1 aromatic rings. The van der Waals surface area contributed by atoms with E-state index in [-0.39, 0.29) is 17.9 Å². The van der Waals surface area contributed by atoms with E-state index in [1.165, 1.54) is 6.07 Å². The maximum absolute atomic E-state index is 11.2. The molecule has 1 amide bonds. The standard InChI is InChI=1S/C11H13NO4/c1-3-16-11(15)12-9-7(2)5-4-6-8(9)10(13)14/h4-6H,3H2,1-2H3,(H,12,15)(H,13,14). The van der Waals surface area contributed by atoms with E-state index in [2.05, 4.69) is 5.32 Å². The second-order valence-electron chi connectivity index (χ2n) is 3.15. The van der Waals surface area contributed by atoms with Gasteiger partial charge in [0, 0.05) is 0 Å². The van der Waals surface area contributed by atoms with Crippen molar-refractivity contribution in [1.82, 2.24) is 0 Å². The molecular weight excluding hydrogens is 210 g/mol. The molecule has 0 heterocycles. The molecule has 0 fully saturated rings. The van der Waals surface area contributed by atoms with E-state index in [9.17, 15) is 9.59 Å². The number of nitrogens with one attached hydrogen (secondary N) is 1. The number of ether oxygens (including phenoxy) is 1. The number of aromatic carboxylic acids is 1. The lowest BCUT2D eigenvalue weighted by atomic mass is 10.1. The summed E-state index contributed by atoms with van der Waals surface area (Å²) in [7, 11) is 0. The highest BCUT2D eigenvalue weighted by Crippen LogP contribution is 2.20. The van der Waals surface area contributed by atoms with Crippen molar-refractivity contribution < 1.29 is 19.4 Å². The quantitative estimate of drug-likeness (QED) is 0.824. The summed E-state index contributed by atoms with van der Waals surface area (Å²) in [5, 5.41) is 11.4. The van der Waals surface area contributed by atoms with Gasteiger partial charge >= 0.3 is 12.1 Å². The minimum atomic E-state index is -1.09. The van der Waals surface area contributed by atoms with Crippen molar-refractivity contribution >= 4 is 17.7 Å². The Hall–Kier alpha value is -2.04. The van der Waals surface area contributed by atoms with E-state index in [1.54, 1.807) is 26.0 Å². The summed E-state index contributed by atoms with van der Waals surface area (Å²) in [6.07, 6.45) is -0.653.